The summed E-state index contributed by atoms with van der Waals surface area (Å²) in [6.45, 7) is 4.23. The Labute approximate surface area is 220 Å². The molecule has 0 bridgehead atoms. The summed E-state index contributed by atoms with van der Waals surface area (Å²) >= 11 is 0. The smallest absolute Gasteiger partial charge is 0.460 e. The van der Waals surface area contributed by atoms with Gasteiger partial charge in [0.2, 0.25) is 12.6 Å². The van der Waals surface area contributed by atoms with Crippen molar-refractivity contribution < 1.29 is 25.8 Å². The first-order valence-corrected chi connectivity index (χ1v) is 11.4. The molecule has 0 unspecified atom stereocenters. The zero-order chi connectivity index (χ0) is 23.1. The van der Waals surface area contributed by atoms with E-state index >= 15 is 0 Å². The molecule has 5 heteroatoms. The predicted octanol–water partition coefficient (Wildman–Crippen LogP) is 4.65. The quantitative estimate of drug-likeness (QED) is 0.210. The Bertz CT molecular complexity index is 1520. The first kappa shape index (κ1) is 23.3. The zero-order valence-electron chi connectivity index (χ0n) is 19.4. The van der Waals surface area contributed by atoms with Gasteiger partial charge in [-0.25, -0.2) is 16.1 Å². The van der Waals surface area contributed by atoms with Crippen LogP contribution in [0.1, 0.15) is 11.3 Å². The van der Waals surface area contributed by atoms with E-state index < -0.39 is 0 Å². The van der Waals surface area contributed by atoms with Crippen molar-refractivity contribution in [3.05, 3.63) is 115 Å². The van der Waals surface area contributed by atoms with Crippen molar-refractivity contribution in [1.82, 2.24) is 9.97 Å². The summed E-state index contributed by atoms with van der Waals surface area (Å²) in [4.78, 5) is 9.21. The second-order valence-corrected chi connectivity index (χ2v) is 8.56. The van der Waals surface area contributed by atoms with E-state index in [1.54, 1.807) is 6.20 Å². The number of hydrogen-bond donors (Lipinski definition) is 0. The predicted molar refractivity (Wildman–Crippen MR) is 138 cm³/mol. The molecule has 1 aliphatic rings. The third-order valence-corrected chi connectivity index (χ3v) is 6.40. The summed E-state index contributed by atoms with van der Waals surface area (Å²) in [7, 11) is 0. The number of rotatable bonds is 4. The molecule has 35 heavy (non-hydrogen) atoms. The summed E-state index contributed by atoms with van der Waals surface area (Å²) < 4.78 is 5.91. The molecule has 0 amide bonds. The van der Waals surface area contributed by atoms with Gasteiger partial charge in [0.15, 0.2) is 0 Å². The number of benzene rings is 3. The maximum atomic E-state index is 5.91. The molecule has 0 saturated heterocycles. The minimum absolute atomic E-state index is 0. The van der Waals surface area contributed by atoms with Crippen LogP contribution in [0.3, 0.4) is 0 Å². The van der Waals surface area contributed by atoms with Crippen molar-refractivity contribution in [1.29, 1.82) is 0 Å². The number of ether oxygens (including phenoxy) is 1. The van der Waals surface area contributed by atoms with E-state index in [1.165, 1.54) is 22.2 Å². The Balaban J connectivity index is 0.00000253. The average Bonchev–Trinajstić information content (AvgIpc) is 3.20. The number of hydrogen-bond acceptors (Lipinski definition) is 3. The third-order valence-electron chi connectivity index (χ3n) is 6.40. The molecule has 3 aromatic carbocycles. The van der Waals surface area contributed by atoms with Gasteiger partial charge < -0.3 is 4.74 Å². The average molecular weight is 631 g/mol. The second-order valence-electron chi connectivity index (χ2n) is 8.56. The van der Waals surface area contributed by atoms with Gasteiger partial charge in [0, 0.05) is 29.3 Å². The molecule has 2 aromatic heterocycles. The van der Waals surface area contributed by atoms with Crippen LogP contribution in [-0.2, 0) is 21.1 Å². The van der Waals surface area contributed by atoms with Crippen LogP contribution in [0.25, 0.3) is 22.3 Å². The topological polar surface area (TPSA) is 35.0 Å². The molecule has 3 heterocycles. The van der Waals surface area contributed by atoms with Crippen LogP contribution in [0.2, 0.25) is 0 Å². The summed E-state index contributed by atoms with van der Waals surface area (Å²) in [5, 5.41) is 0. The fourth-order valence-electron chi connectivity index (χ4n) is 4.58. The van der Waals surface area contributed by atoms with Crippen molar-refractivity contribution in [2.24, 2.45) is 0 Å². The Kier molecular flexibility index (Phi) is 6.41. The van der Waals surface area contributed by atoms with Crippen molar-refractivity contribution in [3.63, 3.8) is 0 Å². The van der Waals surface area contributed by atoms with Gasteiger partial charge in [0.25, 0.3) is 0 Å². The number of pyridine rings is 2. The van der Waals surface area contributed by atoms with Gasteiger partial charge in [-0.1, -0.05) is 47.4 Å². The van der Waals surface area contributed by atoms with Gasteiger partial charge in [-0.05, 0) is 31.5 Å². The minimum Gasteiger partial charge on any atom is -0.460 e. The standard InChI is InChI=1S/C30H21BN2O.Pt/c1-20-13-16-29(33-21(20)2)31-27-11-4-3-10-25(27)26-15-14-23(19-28(26)31)22-8-7-9-24(18-22)34-30-12-5-6-17-32-30;/h3-17H,1-2H3;/q-2;+2. The molecule has 0 atom stereocenters. The molecule has 0 fully saturated rings. The largest absolute Gasteiger partial charge is 2.00 e. The van der Waals surface area contributed by atoms with Gasteiger partial charge in [-0.3, -0.25) is 4.98 Å². The summed E-state index contributed by atoms with van der Waals surface area (Å²) in [5.74, 6) is 1.17. The SMILES string of the molecule is Cc1ccc(B2c3[c-]c(-c4[c-]c(Oc5ccccn5)ccc4)ccc3-c3ccccc32)nc1C.[Pt+2]. The minimum atomic E-state index is 0. The molecular formula is C30H21BN2OPt. The van der Waals surface area contributed by atoms with Gasteiger partial charge >= 0.3 is 21.1 Å². The van der Waals surface area contributed by atoms with E-state index in [1.807, 2.05) is 36.4 Å². The Morgan fingerprint density at radius 2 is 1.57 bits per heavy atom. The summed E-state index contributed by atoms with van der Waals surface area (Å²) in [6.07, 6.45) is 1.71. The molecule has 0 spiro atoms. The first-order chi connectivity index (χ1) is 16.7. The Morgan fingerprint density at radius 3 is 2.40 bits per heavy atom. The molecule has 3 nitrogen and oxygen atoms in total. The first-order valence-electron chi connectivity index (χ1n) is 11.4. The van der Waals surface area contributed by atoms with Crippen molar-refractivity contribution in [3.8, 4) is 33.9 Å². The van der Waals surface area contributed by atoms with Crippen LogP contribution >= 0.6 is 0 Å². The molecule has 6 rings (SSSR count). The molecule has 1 aliphatic heterocycles. The van der Waals surface area contributed by atoms with Crippen molar-refractivity contribution in [2.45, 2.75) is 13.8 Å². The monoisotopic (exact) mass is 631 g/mol. The van der Waals surface area contributed by atoms with E-state index in [9.17, 15) is 0 Å². The molecular weight excluding hydrogens is 610 g/mol. The van der Waals surface area contributed by atoms with E-state index in [0.717, 1.165) is 27.9 Å². The van der Waals surface area contributed by atoms with Gasteiger partial charge in [-0.2, -0.15) is 29.7 Å². The number of fused-ring (bicyclic) bond motifs is 3. The molecule has 0 N–H and O–H groups in total. The van der Waals surface area contributed by atoms with Crippen LogP contribution in [0.5, 0.6) is 11.6 Å². The normalized spacial score (nSPS) is 11.4. The third kappa shape index (κ3) is 4.35. The second kappa shape index (κ2) is 9.64. The van der Waals surface area contributed by atoms with Gasteiger partial charge in [0.1, 0.15) is 0 Å². The van der Waals surface area contributed by atoms with Crippen LogP contribution in [0.15, 0.2) is 91.1 Å². The Hall–Kier alpha value is -3.49. The fourth-order valence-corrected chi connectivity index (χ4v) is 4.58. The van der Waals surface area contributed by atoms with Crippen LogP contribution in [0, 0.1) is 26.0 Å². The number of aromatic nitrogens is 2. The van der Waals surface area contributed by atoms with E-state index in [2.05, 4.69) is 79.5 Å². The number of aryl methyl sites for hydroxylation is 2. The maximum Gasteiger partial charge on any atom is 2.00 e. The van der Waals surface area contributed by atoms with Crippen molar-refractivity contribution in [2.75, 3.05) is 0 Å². The molecule has 0 radical (unpaired) electrons. The molecule has 5 aromatic rings. The van der Waals surface area contributed by atoms with Crippen LogP contribution in [0.4, 0.5) is 0 Å². The molecule has 170 valence electrons. The Morgan fingerprint density at radius 1 is 0.743 bits per heavy atom. The molecule has 0 aliphatic carbocycles. The fraction of sp³-hybridized carbons (Fsp3) is 0.0667. The van der Waals surface area contributed by atoms with E-state index in [4.69, 9.17) is 9.72 Å². The van der Waals surface area contributed by atoms with Crippen LogP contribution < -0.4 is 21.3 Å². The van der Waals surface area contributed by atoms with Gasteiger partial charge in [-0.15, -0.1) is 23.8 Å². The molecule has 0 saturated carbocycles. The van der Waals surface area contributed by atoms with E-state index in [-0.39, 0.29) is 27.8 Å². The van der Waals surface area contributed by atoms with Crippen LogP contribution in [-0.4, -0.2) is 16.7 Å². The summed E-state index contributed by atoms with van der Waals surface area (Å²) in [5.41, 5.74) is 10.1. The van der Waals surface area contributed by atoms with E-state index in [0.29, 0.717) is 11.6 Å². The number of nitrogens with zero attached hydrogens (tertiary/aromatic N) is 2. The maximum absolute atomic E-state index is 5.91. The zero-order valence-corrected chi connectivity index (χ0v) is 21.6. The van der Waals surface area contributed by atoms with Gasteiger partial charge in [0.05, 0.1) is 0 Å². The van der Waals surface area contributed by atoms with Crippen molar-refractivity contribution >= 4 is 23.2 Å². The summed E-state index contributed by atoms with van der Waals surface area (Å²) in [6, 6.07) is 35.8.